The van der Waals surface area contributed by atoms with Crippen LogP contribution in [0, 0.1) is 0 Å². The molecule has 0 fully saturated rings. The Bertz CT molecular complexity index is 1010. The lowest BCUT2D eigenvalue weighted by atomic mass is 10.1. The van der Waals surface area contributed by atoms with Gasteiger partial charge in [-0.1, -0.05) is 36.0 Å². The van der Waals surface area contributed by atoms with E-state index in [0.29, 0.717) is 27.4 Å². The topological polar surface area (TPSA) is 61.2 Å². The number of hydrogen-bond acceptors (Lipinski definition) is 5. The maximum absolute atomic E-state index is 12.8. The molecule has 3 rings (SSSR count). The standard InChI is InChI=1S/C20H20N2O3S/c1-13(2)22-19(24)14-8-4-6-10-16(14)21-20(22)26-12-17(23)15-9-5-7-11-18(15)25-3/h4-11,13H,12H2,1-3H3. The number of Topliss-reactive ketones (excluding diaryl/α,β-unsaturated/α-hetero) is 1. The highest BCUT2D eigenvalue weighted by atomic mass is 32.2. The van der Waals surface area contributed by atoms with Crippen LogP contribution < -0.4 is 10.3 Å². The van der Waals surface area contributed by atoms with Crippen molar-refractivity contribution >= 4 is 28.4 Å². The van der Waals surface area contributed by atoms with E-state index in [0.717, 1.165) is 0 Å². The Hall–Kier alpha value is -2.60. The molecule has 0 saturated carbocycles. The van der Waals surface area contributed by atoms with Gasteiger partial charge < -0.3 is 4.74 Å². The average Bonchev–Trinajstić information content (AvgIpc) is 2.65. The summed E-state index contributed by atoms with van der Waals surface area (Å²) >= 11 is 1.27. The number of methoxy groups -OCH3 is 1. The first kappa shape index (κ1) is 18.2. The minimum Gasteiger partial charge on any atom is -0.496 e. The highest BCUT2D eigenvalue weighted by Gasteiger charge is 2.17. The Morgan fingerprint density at radius 3 is 2.58 bits per heavy atom. The normalized spacial score (nSPS) is 11.1. The molecule has 0 aliphatic heterocycles. The van der Waals surface area contributed by atoms with Gasteiger partial charge in [0.1, 0.15) is 5.75 Å². The number of rotatable bonds is 6. The van der Waals surface area contributed by atoms with Crippen LogP contribution in [-0.4, -0.2) is 28.2 Å². The van der Waals surface area contributed by atoms with Crippen molar-refractivity contribution in [3.63, 3.8) is 0 Å². The molecule has 0 spiro atoms. The summed E-state index contributed by atoms with van der Waals surface area (Å²) < 4.78 is 6.90. The molecule has 1 aromatic heterocycles. The fraction of sp³-hybridized carbons (Fsp3) is 0.250. The molecule has 3 aromatic rings. The first-order valence-corrected chi connectivity index (χ1v) is 9.31. The summed E-state index contributed by atoms with van der Waals surface area (Å²) in [4.78, 5) is 30.0. The van der Waals surface area contributed by atoms with Crippen LogP contribution in [0.15, 0.2) is 58.5 Å². The van der Waals surface area contributed by atoms with E-state index in [-0.39, 0.29) is 23.1 Å². The number of carbonyl (C=O) groups excluding carboxylic acids is 1. The van der Waals surface area contributed by atoms with E-state index in [4.69, 9.17) is 4.74 Å². The number of thioether (sulfide) groups is 1. The van der Waals surface area contributed by atoms with Crippen molar-refractivity contribution in [1.29, 1.82) is 0 Å². The highest BCUT2D eigenvalue weighted by molar-refractivity contribution is 7.99. The molecular weight excluding hydrogens is 348 g/mol. The van der Waals surface area contributed by atoms with Crippen LogP contribution in [-0.2, 0) is 0 Å². The van der Waals surface area contributed by atoms with Crippen molar-refractivity contribution < 1.29 is 9.53 Å². The fourth-order valence-corrected chi connectivity index (χ4v) is 3.78. The maximum atomic E-state index is 12.8. The molecule has 6 heteroatoms. The predicted octanol–water partition coefficient (Wildman–Crippen LogP) is 3.96. The van der Waals surface area contributed by atoms with Gasteiger partial charge in [-0.25, -0.2) is 4.98 Å². The van der Waals surface area contributed by atoms with Gasteiger partial charge in [0, 0.05) is 6.04 Å². The molecule has 5 nitrogen and oxygen atoms in total. The Balaban J connectivity index is 1.94. The van der Waals surface area contributed by atoms with E-state index in [9.17, 15) is 9.59 Å². The van der Waals surface area contributed by atoms with Crippen LogP contribution in [0.2, 0.25) is 0 Å². The zero-order valence-corrected chi connectivity index (χ0v) is 15.7. The van der Waals surface area contributed by atoms with Crippen LogP contribution in [0.3, 0.4) is 0 Å². The van der Waals surface area contributed by atoms with Crippen molar-refractivity contribution in [2.24, 2.45) is 0 Å². The van der Waals surface area contributed by atoms with Crippen molar-refractivity contribution in [3.05, 3.63) is 64.4 Å². The van der Waals surface area contributed by atoms with Gasteiger partial charge in [0.25, 0.3) is 5.56 Å². The first-order valence-electron chi connectivity index (χ1n) is 8.33. The number of carbonyl (C=O) groups is 1. The van der Waals surface area contributed by atoms with Gasteiger partial charge in [-0.2, -0.15) is 0 Å². The van der Waals surface area contributed by atoms with Crippen LogP contribution in [0.25, 0.3) is 10.9 Å². The van der Waals surface area contributed by atoms with E-state index in [1.165, 1.54) is 11.8 Å². The monoisotopic (exact) mass is 368 g/mol. The van der Waals surface area contributed by atoms with E-state index in [2.05, 4.69) is 4.98 Å². The molecule has 26 heavy (non-hydrogen) atoms. The number of nitrogens with zero attached hydrogens (tertiary/aromatic N) is 2. The Kier molecular flexibility index (Phi) is 5.42. The molecular formula is C20H20N2O3S. The van der Waals surface area contributed by atoms with E-state index >= 15 is 0 Å². The predicted molar refractivity (Wildman–Crippen MR) is 104 cm³/mol. The van der Waals surface area contributed by atoms with E-state index in [1.807, 2.05) is 38.1 Å². The average molecular weight is 368 g/mol. The number of hydrogen-bond donors (Lipinski definition) is 0. The molecule has 0 N–H and O–H groups in total. The summed E-state index contributed by atoms with van der Waals surface area (Å²) in [6.07, 6.45) is 0. The van der Waals surface area contributed by atoms with Gasteiger partial charge in [0.15, 0.2) is 10.9 Å². The van der Waals surface area contributed by atoms with Gasteiger partial charge in [0.2, 0.25) is 0 Å². The van der Waals surface area contributed by atoms with Gasteiger partial charge in [0.05, 0.1) is 29.3 Å². The van der Waals surface area contributed by atoms with E-state index in [1.54, 1.807) is 35.9 Å². The summed E-state index contributed by atoms with van der Waals surface area (Å²) in [7, 11) is 1.54. The molecule has 1 heterocycles. The molecule has 0 amide bonds. The highest BCUT2D eigenvalue weighted by Crippen LogP contribution is 2.24. The summed E-state index contributed by atoms with van der Waals surface area (Å²) in [6, 6.07) is 14.3. The lowest BCUT2D eigenvalue weighted by Crippen LogP contribution is -2.25. The van der Waals surface area contributed by atoms with Crippen LogP contribution in [0.1, 0.15) is 30.2 Å². The molecule has 0 radical (unpaired) electrons. The first-order chi connectivity index (χ1) is 12.5. The zero-order chi connectivity index (χ0) is 18.7. The number of ether oxygens (including phenoxy) is 1. The fourth-order valence-electron chi connectivity index (χ4n) is 2.77. The Labute approximate surface area is 156 Å². The van der Waals surface area contributed by atoms with Gasteiger partial charge in [-0.05, 0) is 38.1 Å². The van der Waals surface area contributed by atoms with Crippen molar-refractivity contribution in [1.82, 2.24) is 9.55 Å². The molecule has 0 aliphatic rings. The molecule has 0 unspecified atom stereocenters. The Morgan fingerprint density at radius 2 is 1.85 bits per heavy atom. The maximum Gasteiger partial charge on any atom is 0.262 e. The second-order valence-electron chi connectivity index (χ2n) is 6.09. The Morgan fingerprint density at radius 1 is 1.15 bits per heavy atom. The third-order valence-corrected chi connectivity index (χ3v) is 4.98. The van der Waals surface area contributed by atoms with Gasteiger partial charge in [-0.15, -0.1) is 0 Å². The third kappa shape index (κ3) is 3.51. The third-order valence-electron chi connectivity index (χ3n) is 4.03. The molecule has 0 bridgehead atoms. The number of fused-ring (bicyclic) bond motifs is 1. The minimum atomic E-state index is -0.0853. The second-order valence-corrected chi connectivity index (χ2v) is 7.04. The summed E-state index contributed by atoms with van der Waals surface area (Å²) in [5.74, 6) is 0.661. The van der Waals surface area contributed by atoms with Gasteiger partial charge >= 0.3 is 0 Å². The molecule has 2 aromatic carbocycles. The molecule has 0 saturated heterocycles. The van der Waals surface area contributed by atoms with Crippen molar-refractivity contribution in [3.8, 4) is 5.75 Å². The van der Waals surface area contributed by atoms with E-state index < -0.39 is 0 Å². The zero-order valence-electron chi connectivity index (χ0n) is 14.9. The van der Waals surface area contributed by atoms with Crippen LogP contribution >= 0.6 is 11.8 Å². The van der Waals surface area contributed by atoms with Crippen molar-refractivity contribution in [2.75, 3.05) is 12.9 Å². The number of ketones is 1. The molecule has 134 valence electrons. The summed E-state index contributed by atoms with van der Waals surface area (Å²) in [5.41, 5.74) is 1.08. The lowest BCUT2D eigenvalue weighted by molar-refractivity contribution is 0.101. The number of aromatic nitrogens is 2. The summed E-state index contributed by atoms with van der Waals surface area (Å²) in [5, 5.41) is 1.13. The summed E-state index contributed by atoms with van der Waals surface area (Å²) in [6.45, 7) is 3.87. The molecule has 0 aliphatic carbocycles. The van der Waals surface area contributed by atoms with Crippen molar-refractivity contribution in [2.45, 2.75) is 25.0 Å². The quantitative estimate of drug-likeness (QED) is 0.374. The number of para-hydroxylation sites is 2. The SMILES string of the molecule is COc1ccccc1C(=O)CSc1nc2ccccc2c(=O)n1C(C)C. The largest absolute Gasteiger partial charge is 0.496 e. The van der Waals surface area contributed by atoms with Gasteiger partial charge in [-0.3, -0.25) is 14.2 Å². The van der Waals surface area contributed by atoms with Crippen LogP contribution in [0.5, 0.6) is 5.75 Å². The number of benzene rings is 2. The minimum absolute atomic E-state index is 0.0523. The second kappa shape index (κ2) is 7.74. The lowest BCUT2D eigenvalue weighted by Gasteiger charge is -2.16. The van der Waals surface area contributed by atoms with Crippen LogP contribution in [0.4, 0.5) is 0 Å². The smallest absolute Gasteiger partial charge is 0.262 e. The molecule has 0 atom stereocenters.